The first kappa shape index (κ1) is 21.7. The molecule has 0 unspecified atom stereocenters. The highest BCUT2D eigenvalue weighted by molar-refractivity contribution is 6.02. The summed E-state index contributed by atoms with van der Waals surface area (Å²) in [5.74, 6) is 0.255. The first-order chi connectivity index (χ1) is 13.0. The van der Waals surface area contributed by atoms with Gasteiger partial charge in [0, 0.05) is 24.4 Å². The molecule has 1 amide bonds. The number of Topliss-reactive ketones (excluding diaryl/α,β-unsaturated/α-hetero) is 1. The summed E-state index contributed by atoms with van der Waals surface area (Å²) in [5.41, 5.74) is -0.0706. The molecule has 2 rings (SSSR count). The van der Waals surface area contributed by atoms with Gasteiger partial charge in [0.2, 0.25) is 12.7 Å². The third kappa shape index (κ3) is 5.24. The fourth-order valence-corrected chi connectivity index (χ4v) is 2.70. The number of amides is 1. The summed E-state index contributed by atoms with van der Waals surface area (Å²) < 4.78 is 15.8. The Kier molecular flexibility index (Phi) is 6.69. The van der Waals surface area contributed by atoms with Crippen molar-refractivity contribution in [1.82, 2.24) is 4.90 Å². The molecule has 1 aliphatic heterocycles. The van der Waals surface area contributed by atoms with Gasteiger partial charge in [-0.1, -0.05) is 27.7 Å². The van der Waals surface area contributed by atoms with Crippen LogP contribution in [-0.4, -0.2) is 49.0 Å². The van der Waals surface area contributed by atoms with E-state index >= 15 is 0 Å². The van der Waals surface area contributed by atoms with Gasteiger partial charge in [0.15, 0.2) is 17.3 Å². The van der Waals surface area contributed by atoms with Gasteiger partial charge in [-0.15, -0.1) is 0 Å². The number of hydrogen-bond acceptors (Lipinski definition) is 6. The molecule has 0 radical (unpaired) electrons. The molecule has 154 valence electrons. The van der Waals surface area contributed by atoms with E-state index in [0.29, 0.717) is 17.1 Å². The molecule has 0 N–H and O–H groups in total. The van der Waals surface area contributed by atoms with E-state index in [1.165, 1.54) is 4.90 Å². The lowest BCUT2D eigenvalue weighted by Crippen LogP contribution is -2.42. The molecule has 0 bridgehead atoms. The summed E-state index contributed by atoms with van der Waals surface area (Å²) in [4.78, 5) is 38.6. The molecule has 0 saturated heterocycles. The van der Waals surface area contributed by atoms with Gasteiger partial charge in [-0.3, -0.25) is 14.4 Å². The van der Waals surface area contributed by atoms with Crippen molar-refractivity contribution in [1.29, 1.82) is 0 Å². The summed E-state index contributed by atoms with van der Waals surface area (Å²) in [6.45, 7) is 9.21. The zero-order valence-corrected chi connectivity index (χ0v) is 17.4. The number of rotatable bonds is 8. The maximum Gasteiger partial charge on any atom is 0.308 e. The van der Waals surface area contributed by atoms with Gasteiger partial charge in [0.05, 0.1) is 18.6 Å². The highest BCUT2D eigenvalue weighted by atomic mass is 16.7. The second-order valence-corrected chi connectivity index (χ2v) is 8.22. The fraction of sp³-hybridized carbons (Fsp3) is 0.571. The lowest BCUT2D eigenvalue weighted by molar-refractivity contribution is -0.152. The first-order valence-corrected chi connectivity index (χ1v) is 9.38. The zero-order valence-electron chi connectivity index (χ0n) is 17.4. The van der Waals surface area contributed by atoms with Gasteiger partial charge in [-0.25, -0.2) is 0 Å². The number of carbonyl (C=O) groups excluding carboxylic acids is 3. The molecule has 0 saturated carbocycles. The van der Waals surface area contributed by atoms with Crippen LogP contribution in [0.3, 0.4) is 0 Å². The van der Waals surface area contributed by atoms with Crippen LogP contribution in [0.15, 0.2) is 18.2 Å². The van der Waals surface area contributed by atoms with E-state index < -0.39 is 11.5 Å². The van der Waals surface area contributed by atoms with Crippen molar-refractivity contribution in [3.05, 3.63) is 23.8 Å². The van der Waals surface area contributed by atoms with Gasteiger partial charge in [0.25, 0.3) is 0 Å². The van der Waals surface area contributed by atoms with Crippen LogP contribution < -0.4 is 9.47 Å². The Hall–Kier alpha value is -2.57. The maximum atomic E-state index is 12.8. The average molecular weight is 391 g/mol. The molecular weight excluding hydrogens is 362 g/mol. The van der Waals surface area contributed by atoms with Crippen LogP contribution in [0.2, 0.25) is 0 Å². The Labute approximate surface area is 165 Å². The number of fused-ring (bicyclic) bond motifs is 1. The van der Waals surface area contributed by atoms with Crippen LogP contribution in [-0.2, 0) is 14.3 Å². The normalized spacial score (nSPS) is 14.0. The van der Waals surface area contributed by atoms with Crippen molar-refractivity contribution in [2.24, 2.45) is 11.3 Å². The summed E-state index contributed by atoms with van der Waals surface area (Å²) in [5, 5.41) is 0. The quantitative estimate of drug-likeness (QED) is 0.500. The van der Waals surface area contributed by atoms with Crippen LogP contribution in [0.25, 0.3) is 0 Å². The van der Waals surface area contributed by atoms with Gasteiger partial charge >= 0.3 is 5.97 Å². The molecule has 7 nitrogen and oxygen atoms in total. The van der Waals surface area contributed by atoms with Crippen molar-refractivity contribution in [3.8, 4) is 11.5 Å². The second-order valence-electron chi connectivity index (χ2n) is 8.22. The number of likely N-dealkylation sites (N-methyl/N-ethyl adjacent to an activating group) is 1. The number of hydrogen-bond donors (Lipinski definition) is 0. The summed E-state index contributed by atoms with van der Waals surface area (Å²) >= 11 is 0. The molecule has 0 aromatic heterocycles. The van der Waals surface area contributed by atoms with Crippen molar-refractivity contribution in [2.75, 3.05) is 20.4 Å². The number of ether oxygens (including phenoxy) is 3. The van der Waals surface area contributed by atoms with Crippen molar-refractivity contribution < 1.29 is 28.6 Å². The van der Waals surface area contributed by atoms with Crippen molar-refractivity contribution in [2.45, 2.75) is 47.1 Å². The minimum atomic E-state index is -0.637. The van der Waals surface area contributed by atoms with Crippen LogP contribution >= 0.6 is 0 Å². The van der Waals surface area contributed by atoms with E-state index in [2.05, 4.69) is 0 Å². The molecule has 1 heterocycles. The van der Waals surface area contributed by atoms with Gasteiger partial charge in [0.1, 0.15) is 0 Å². The third-order valence-electron chi connectivity index (χ3n) is 4.72. The predicted molar refractivity (Wildman–Crippen MR) is 103 cm³/mol. The number of ketones is 1. The molecule has 0 spiro atoms. The monoisotopic (exact) mass is 391 g/mol. The van der Waals surface area contributed by atoms with E-state index in [4.69, 9.17) is 14.2 Å². The summed E-state index contributed by atoms with van der Waals surface area (Å²) in [7, 11) is 1.61. The van der Waals surface area contributed by atoms with E-state index in [1.807, 2.05) is 13.8 Å². The molecule has 28 heavy (non-hydrogen) atoms. The van der Waals surface area contributed by atoms with Crippen molar-refractivity contribution >= 4 is 17.7 Å². The largest absolute Gasteiger partial charge is 0.465 e. The van der Waals surface area contributed by atoms with Crippen LogP contribution in [0.4, 0.5) is 0 Å². The standard InChI is InChI=1S/C21H29NO6/c1-13(2)20(25)26-11-21(4,5)10-18(23)22(6)14(3)19(24)15-7-8-16-17(9-15)28-12-27-16/h7-9,13-14H,10-12H2,1-6H3/t14-/m1/s1. The van der Waals surface area contributed by atoms with E-state index in [-0.39, 0.29) is 43.4 Å². The minimum absolute atomic E-state index is 0.136. The van der Waals surface area contributed by atoms with Gasteiger partial charge < -0.3 is 19.1 Å². The summed E-state index contributed by atoms with van der Waals surface area (Å²) in [6.07, 6.45) is 0.160. The topological polar surface area (TPSA) is 82.1 Å². The molecular formula is C21H29NO6. The molecule has 0 aliphatic carbocycles. The molecule has 1 aliphatic rings. The molecule has 7 heteroatoms. The Morgan fingerprint density at radius 2 is 1.79 bits per heavy atom. The van der Waals surface area contributed by atoms with Crippen LogP contribution in [0.1, 0.15) is 51.4 Å². The highest BCUT2D eigenvalue weighted by Crippen LogP contribution is 2.33. The molecule has 1 aromatic carbocycles. The van der Waals surface area contributed by atoms with Crippen LogP contribution in [0, 0.1) is 11.3 Å². The fourth-order valence-electron chi connectivity index (χ4n) is 2.70. The molecule has 1 aromatic rings. The Morgan fingerprint density at radius 1 is 1.14 bits per heavy atom. The van der Waals surface area contributed by atoms with E-state index in [0.717, 1.165) is 0 Å². The number of esters is 1. The second kappa shape index (κ2) is 8.63. The SMILES string of the molecule is CC(C)C(=O)OCC(C)(C)CC(=O)N(C)[C@H](C)C(=O)c1ccc2c(c1)OCO2. The number of benzene rings is 1. The van der Waals surface area contributed by atoms with Gasteiger partial charge in [-0.05, 0) is 25.1 Å². The smallest absolute Gasteiger partial charge is 0.308 e. The molecule has 0 fully saturated rings. The Balaban J connectivity index is 1.97. The lowest BCUT2D eigenvalue weighted by Gasteiger charge is -2.29. The van der Waals surface area contributed by atoms with Crippen LogP contribution in [0.5, 0.6) is 11.5 Å². The highest BCUT2D eigenvalue weighted by Gasteiger charge is 2.30. The van der Waals surface area contributed by atoms with Gasteiger partial charge in [-0.2, -0.15) is 0 Å². The number of carbonyl (C=O) groups is 3. The summed E-state index contributed by atoms with van der Waals surface area (Å²) in [6, 6.07) is 4.35. The maximum absolute atomic E-state index is 12.8. The first-order valence-electron chi connectivity index (χ1n) is 9.38. The molecule has 1 atom stereocenters. The third-order valence-corrected chi connectivity index (χ3v) is 4.72. The number of nitrogens with zero attached hydrogens (tertiary/aromatic N) is 1. The lowest BCUT2D eigenvalue weighted by atomic mass is 9.89. The zero-order chi connectivity index (χ0) is 21.1. The Morgan fingerprint density at radius 3 is 2.43 bits per heavy atom. The van der Waals surface area contributed by atoms with E-state index in [1.54, 1.807) is 46.0 Å². The minimum Gasteiger partial charge on any atom is -0.465 e. The van der Waals surface area contributed by atoms with E-state index in [9.17, 15) is 14.4 Å². The average Bonchev–Trinajstić information content (AvgIpc) is 3.11. The Bertz CT molecular complexity index is 755. The predicted octanol–water partition coefficient (Wildman–Crippen LogP) is 3.06. The van der Waals surface area contributed by atoms with Crippen molar-refractivity contribution in [3.63, 3.8) is 0 Å².